The van der Waals surface area contributed by atoms with Gasteiger partial charge in [0, 0.05) is 20.1 Å². The molecule has 1 amide bonds. The first-order valence-corrected chi connectivity index (χ1v) is 9.06. The number of aromatic nitrogens is 2. The molecule has 27 heavy (non-hydrogen) atoms. The van der Waals surface area contributed by atoms with E-state index in [9.17, 15) is 4.79 Å². The first-order valence-electron chi connectivity index (χ1n) is 9.06. The Bertz CT molecular complexity index is 905. The van der Waals surface area contributed by atoms with Gasteiger partial charge in [0.2, 0.25) is 5.91 Å². The second-order valence-electron chi connectivity index (χ2n) is 6.37. The molecule has 0 aliphatic carbocycles. The zero-order valence-electron chi connectivity index (χ0n) is 15.8. The van der Waals surface area contributed by atoms with E-state index in [-0.39, 0.29) is 12.5 Å². The number of rotatable bonds is 9. The van der Waals surface area contributed by atoms with Crippen molar-refractivity contribution in [1.82, 2.24) is 14.9 Å². The van der Waals surface area contributed by atoms with Crippen LogP contribution in [0.3, 0.4) is 0 Å². The van der Waals surface area contributed by atoms with E-state index in [4.69, 9.17) is 14.5 Å². The predicted octanol–water partition coefficient (Wildman–Crippen LogP) is 2.73. The molecule has 1 aromatic heterocycles. The van der Waals surface area contributed by atoms with Gasteiger partial charge in [0.25, 0.3) is 0 Å². The summed E-state index contributed by atoms with van der Waals surface area (Å²) in [5.74, 6) is 1.68. The number of para-hydroxylation sites is 2. The Morgan fingerprint density at radius 1 is 1.19 bits per heavy atom. The van der Waals surface area contributed by atoms with E-state index < -0.39 is 0 Å². The van der Waals surface area contributed by atoms with E-state index in [1.807, 2.05) is 49.4 Å². The van der Waals surface area contributed by atoms with Gasteiger partial charge >= 0.3 is 0 Å². The number of amides is 1. The maximum atomic E-state index is 11.6. The van der Waals surface area contributed by atoms with Gasteiger partial charge in [-0.1, -0.05) is 24.3 Å². The molecule has 0 radical (unpaired) electrons. The molecule has 3 rings (SSSR count). The van der Waals surface area contributed by atoms with E-state index in [0.717, 1.165) is 22.6 Å². The molecule has 0 atom stereocenters. The SMILES string of the molecule is COCC(=O)NCCc1nc2ccccc2n1CCOc1cccc(C)c1. The van der Waals surface area contributed by atoms with Crippen molar-refractivity contribution >= 4 is 16.9 Å². The zero-order valence-corrected chi connectivity index (χ0v) is 15.8. The summed E-state index contributed by atoms with van der Waals surface area (Å²) < 4.78 is 12.9. The summed E-state index contributed by atoms with van der Waals surface area (Å²) in [6.07, 6.45) is 0.647. The summed E-state index contributed by atoms with van der Waals surface area (Å²) in [5.41, 5.74) is 3.20. The average molecular weight is 367 g/mol. The Hall–Kier alpha value is -2.86. The number of carbonyl (C=O) groups is 1. The lowest BCUT2D eigenvalue weighted by atomic mass is 10.2. The fraction of sp³-hybridized carbons (Fsp3) is 0.333. The summed E-state index contributed by atoms with van der Waals surface area (Å²) in [4.78, 5) is 16.3. The van der Waals surface area contributed by atoms with Crippen molar-refractivity contribution in [3.63, 3.8) is 0 Å². The Labute approximate surface area is 159 Å². The molecule has 6 nitrogen and oxygen atoms in total. The average Bonchev–Trinajstić information content (AvgIpc) is 3.00. The van der Waals surface area contributed by atoms with E-state index in [1.165, 1.54) is 12.7 Å². The van der Waals surface area contributed by atoms with Crippen molar-refractivity contribution in [2.24, 2.45) is 0 Å². The first kappa shape index (κ1) is 18.9. The first-order chi connectivity index (χ1) is 13.2. The fourth-order valence-electron chi connectivity index (χ4n) is 3.02. The fourth-order valence-corrected chi connectivity index (χ4v) is 3.02. The number of fused-ring (bicyclic) bond motifs is 1. The normalized spacial score (nSPS) is 10.9. The minimum Gasteiger partial charge on any atom is -0.492 e. The van der Waals surface area contributed by atoms with Crippen molar-refractivity contribution in [3.8, 4) is 5.75 Å². The highest BCUT2D eigenvalue weighted by Crippen LogP contribution is 2.17. The molecule has 1 N–H and O–H groups in total. The summed E-state index contributed by atoms with van der Waals surface area (Å²) in [5, 5.41) is 2.84. The highest BCUT2D eigenvalue weighted by atomic mass is 16.5. The minimum absolute atomic E-state index is 0.0702. The van der Waals surface area contributed by atoms with Crippen molar-refractivity contribution in [3.05, 3.63) is 59.9 Å². The number of carbonyl (C=O) groups excluding carboxylic acids is 1. The number of imidazole rings is 1. The Morgan fingerprint density at radius 2 is 2.04 bits per heavy atom. The lowest BCUT2D eigenvalue weighted by Gasteiger charge is -2.11. The lowest BCUT2D eigenvalue weighted by Crippen LogP contribution is -2.29. The van der Waals surface area contributed by atoms with E-state index in [2.05, 4.69) is 16.0 Å². The predicted molar refractivity (Wildman–Crippen MR) is 105 cm³/mol. The number of ether oxygens (including phenoxy) is 2. The topological polar surface area (TPSA) is 65.4 Å². The van der Waals surface area contributed by atoms with Gasteiger partial charge in [-0.2, -0.15) is 0 Å². The Morgan fingerprint density at radius 3 is 2.85 bits per heavy atom. The van der Waals surface area contributed by atoms with Crippen LogP contribution in [0.5, 0.6) is 5.75 Å². The molecule has 3 aromatic rings. The van der Waals surface area contributed by atoms with E-state index >= 15 is 0 Å². The van der Waals surface area contributed by atoms with E-state index in [0.29, 0.717) is 26.1 Å². The van der Waals surface area contributed by atoms with Crippen LogP contribution >= 0.6 is 0 Å². The van der Waals surface area contributed by atoms with Gasteiger partial charge in [-0.3, -0.25) is 4.79 Å². The molecule has 6 heteroatoms. The third-order valence-corrected chi connectivity index (χ3v) is 4.25. The number of hydrogen-bond donors (Lipinski definition) is 1. The van der Waals surface area contributed by atoms with Gasteiger partial charge in [-0.05, 0) is 36.8 Å². The summed E-state index contributed by atoms with van der Waals surface area (Å²) in [6.45, 7) is 3.87. The molecule has 0 spiro atoms. The van der Waals surface area contributed by atoms with Crippen molar-refractivity contribution in [2.45, 2.75) is 19.9 Å². The van der Waals surface area contributed by atoms with Crippen LogP contribution < -0.4 is 10.1 Å². The van der Waals surface area contributed by atoms with Crippen LogP contribution in [0.1, 0.15) is 11.4 Å². The Kier molecular flexibility index (Phi) is 6.44. The molecule has 0 saturated carbocycles. The standard InChI is InChI=1S/C21H25N3O3/c1-16-6-5-7-17(14-16)27-13-12-24-19-9-4-3-8-18(19)23-20(24)10-11-22-21(25)15-26-2/h3-9,14H,10-13,15H2,1-2H3,(H,22,25). The van der Waals surface area contributed by atoms with Gasteiger partial charge in [0.1, 0.15) is 24.8 Å². The van der Waals surface area contributed by atoms with Gasteiger partial charge in [-0.15, -0.1) is 0 Å². The molecule has 0 aliphatic heterocycles. The molecule has 0 unspecified atom stereocenters. The smallest absolute Gasteiger partial charge is 0.245 e. The molecule has 1 heterocycles. The van der Waals surface area contributed by atoms with Crippen LogP contribution in [0.2, 0.25) is 0 Å². The lowest BCUT2D eigenvalue weighted by molar-refractivity contribution is -0.124. The quantitative estimate of drug-likeness (QED) is 0.632. The molecule has 0 saturated heterocycles. The molecule has 0 fully saturated rings. The maximum absolute atomic E-state index is 11.6. The second kappa shape index (κ2) is 9.19. The number of nitrogens with one attached hydrogen (secondary N) is 1. The number of aryl methyl sites for hydroxylation is 1. The van der Waals surface area contributed by atoms with Crippen LogP contribution in [0.25, 0.3) is 11.0 Å². The third kappa shape index (κ3) is 5.08. The number of hydrogen-bond acceptors (Lipinski definition) is 4. The van der Waals surface area contributed by atoms with Crippen molar-refractivity contribution in [2.75, 3.05) is 26.9 Å². The summed E-state index contributed by atoms with van der Waals surface area (Å²) in [7, 11) is 1.51. The molecule has 0 aliphatic rings. The number of nitrogens with zero attached hydrogens (tertiary/aromatic N) is 2. The van der Waals surface area contributed by atoms with Gasteiger partial charge < -0.3 is 19.4 Å². The zero-order chi connectivity index (χ0) is 19.1. The Balaban J connectivity index is 1.67. The molecule has 2 aromatic carbocycles. The van der Waals surface area contributed by atoms with Crippen molar-refractivity contribution < 1.29 is 14.3 Å². The second-order valence-corrected chi connectivity index (χ2v) is 6.37. The molecule has 0 bridgehead atoms. The van der Waals surface area contributed by atoms with Gasteiger partial charge in [-0.25, -0.2) is 4.98 Å². The highest BCUT2D eigenvalue weighted by Gasteiger charge is 2.11. The van der Waals surface area contributed by atoms with Crippen LogP contribution in [-0.4, -0.2) is 42.3 Å². The van der Waals surface area contributed by atoms with Crippen LogP contribution in [0.15, 0.2) is 48.5 Å². The summed E-state index contributed by atoms with van der Waals surface area (Å²) >= 11 is 0. The number of benzene rings is 2. The third-order valence-electron chi connectivity index (χ3n) is 4.25. The van der Waals surface area contributed by atoms with Crippen LogP contribution in [0, 0.1) is 6.92 Å². The van der Waals surface area contributed by atoms with Gasteiger partial charge in [0.05, 0.1) is 17.6 Å². The summed E-state index contributed by atoms with van der Waals surface area (Å²) in [6, 6.07) is 16.1. The van der Waals surface area contributed by atoms with E-state index in [1.54, 1.807) is 0 Å². The molecule has 142 valence electrons. The maximum Gasteiger partial charge on any atom is 0.245 e. The minimum atomic E-state index is -0.122. The largest absolute Gasteiger partial charge is 0.492 e. The molecular formula is C21H25N3O3. The van der Waals surface area contributed by atoms with Crippen molar-refractivity contribution in [1.29, 1.82) is 0 Å². The monoisotopic (exact) mass is 367 g/mol. The number of methoxy groups -OCH3 is 1. The molecular weight excluding hydrogens is 342 g/mol. The van der Waals surface area contributed by atoms with Gasteiger partial charge in [0.15, 0.2) is 0 Å². The highest BCUT2D eigenvalue weighted by molar-refractivity contribution is 5.77. The van der Waals surface area contributed by atoms with Crippen LogP contribution in [0.4, 0.5) is 0 Å². The van der Waals surface area contributed by atoms with Crippen LogP contribution in [-0.2, 0) is 22.5 Å².